The molecule has 0 saturated heterocycles. The Morgan fingerprint density at radius 2 is 1.92 bits per heavy atom. The van der Waals surface area contributed by atoms with E-state index in [9.17, 15) is 19.2 Å². The van der Waals surface area contributed by atoms with Gasteiger partial charge in [0.1, 0.15) is 17.1 Å². The van der Waals surface area contributed by atoms with Gasteiger partial charge in [0.25, 0.3) is 5.91 Å². The van der Waals surface area contributed by atoms with Crippen molar-refractivity contribution < 1.29 is 23.5 Å². The van der Waals surface area contributed by atoms with Crippen LogP contribution in [0.3, 0.4) is 0 Å². The van der Waals surface area contributed by atoms with Gasteiger partial charge in [-0.1, -0.05) is 19.3 Å². The highest BCUT2D eigenvalue weighted by atomic mass is 19.1. The molecule has 2 rings (SSSR count). The zero-order chi connectivity index (χ0) is 18.3. The molecule has 0 aromatic heterocycles. The molecule has 1 saturated carbocycles. The fourth-order valence-corrected chi connectivity index (χ4v) is 2.74. The number of carbonyl (C=O) groups is 2. The Labute approximate surface area is 145 Å². The number of hydrogen-bond acceptors (Lipinski definition) is 5. The molecule has 1 aliphatic rings. The molecular weight excluding hydrogens is 327 g/mol. The van der Waals surface area contributed by atoms with E-state index in [1.54, 1.807) is 0 Å². The SMILES string of the molecule is C[C@@H](Oc1ccc(F)cc1)C(=O)OCC(=O)NC1(C#N)CCCCC1. The maximum atomic E-state index is 12.8. The smallest absolute Gasteiger partial charge is 0.347 e. The van der Waals surface area contributed by atoms with Crippen molar-refractivity contribution in [3.05, 3.63) is 30.1 Å². The van der Waals surface area contributed by atoms with Crippen molar-refractivity contribution >= 4 is 11.9 Å². The van der Waals surface area contributed by atoms with Crippen molar-refractivity contribution in [2.45, 2.75) is 50.7 Å². The maximum absolute atomic E-state index is 12.8. The normalized spacial score (nSPS) is 17.0. The van der Waals surface area contributed by atoms with Gasteiger partial charge in [-0.25, -0.2) is 9.18 Å². The highest BCUT2D eigenvalue weighted by molar-refractivity contribution is 5.82. The fraction of sp³-hybridized carbons (Fsp3) is 0.500. The Morgan fingerprint density at radius 1 is 1.28 bits per heavy atom. The minimum atomic E-state index is -0.946. The molecule has 1 aliphatic carbocycles. The molecular formula is C18H21FN2O4. The van der Waals surface area contributed by atoms with Crippen LogP contribution in [0.5, 0.6) is 5.75 Å². The predicted molar refractivity (Wildman–Crippen MR) is 87.0 cm³/mol. The summed E-state index contributed by atoms with van der Waals surface area (Å²) in [6, 6.07) is 7.39. The van der Waals surface area contributed by atoms with Crippen molar-refractivity contribution in [2.75, 3.05) is 6.61 Å². The van der Waals surface area contributed by atoms with Gasteiger partial charge in [-0.2, -0.15) is 5.26 Å². The maximum Gasteiger partial charge on any atom is 0.347 e. The third-order valence-corrected chi connectivity index (χ3v) is 4.10. The molecule has 1 amide bonds. The van der Waals surface area contributed by atoms with Crippen molar-refractivity contribution in [2.24, 2.45) is 0 Å². The first-order valence-corrected chi connectivity index (χ1v) is 8.25. The number of amides is 1. The number of esters is 1. The zero-order valence-electron chi connectivity index (χ0n) is 14.1. The number of hydrogen-bond donors (Lipinski definition) is 1. The Kier molecular flexibility index (Phi) is 6.34. The largest absolute Gasteiger partial charge is 0.479 e. The second-order valence-electron chi connectivity index (χ2n) is 6.12. The number of benzene rings is 1. The summed E-state index contributed by atoms with van der Waals surface area (Å²) in [5.41, 5.74) is -0.863. The molecule has 0 radical (unpaired) electrons. The van der Waals surface area contributed by atoms with Crippen molar-refractivity contribution in [1.29, 1.82) is 5.26 Å². The number of nitriles is 1. The van der Waals surface area contributed by atoms with Crippen LogP contribution in [0.15, 0.2) is 24.3 Å². The summed E-state index contributed by atoms with van der Waals surface area (Å²) >= 11 is 0. The number of nitrogens with one attached hydrogen (secondary N) is 1. The molecule has 134 valence electrons. The average molecular weight is 348 g/mol. The molecule has 0 spiro atoms. The average Bonchev–Trinajstić information content (AvgIpc) is 2.62. The Hall–Kier alpha value is -2.62. The van der Waals surface area contributed by atoms with Gasteiger partial charge in [-0.05, 0) is 44.0 Å². The summed E-state index contributed by atoms with van der Waals surface area (Å²) in [6.45, 7) is 1.00. The van der Waals surface area contributed by atoms with Gasteiger partial charge in [-0.3, -0.25) is 4.79 Å². The van der Waals surface area contributed by atoms with Gasteiger partial charge in [0, 0.05) is 0 Å². The second-order valence-corrected chi connectivity index (χ2v) is 6.12. The summed E-state index contributed by atoms with van der Waals surface area (Å²) in [5, 5.41) is 12.0. The van der Waals surface area contributed by atoms with Gasteiger partial charge in [-0.15, -0.1) is 0 Å². The van der Waals surface area contributed by atoms with Crippen LogP contribution in [-0.4, -0.2) is 30.1 Å². The first-order chi connectivity index (χ1) is 11.9. The van der Waals surface area contributed by atoms with Crippen LogP contribution in [0.2, 0.25) is 0 Å². The lowest BCUT2D eigenvalue weighted by atomic mass is 9.83. The molecule has 1 aromatic rings. The molecule has 0 aliphatic heterocycles. The van der Waals surface area contributed by atoms with Crippen LogP contribution in [0, 0.1) is 17.1 Å². The topological polar surface area (TPSA) is 88.4 Å². The van der Waals surface area contributed by atoms with E-state index >= 15 is 0 Å². The number of ether oxygens (including phenoxy) is 2. The van der Waals surface area contributed by atoms with E-state index in [4.69, 9.17) is 9.47 Å². The van der Waals surface area contributed by atoms with E-state index in [0.717, 1.165) is 19.3 Å². The van der Waals surface area contributed by atoms with Crippen molar-refractivity contribution in [3.8, 4) is 11.8 Å². The monoisotopic (exact) mass is 348 g/mol. The molecule has 0 bridgehead atoms. The summed E-state index contributed by atoms with van der Waals surface area (Å²) in [6.07, 6.45) is 3.08. The molecule has 1 atom stereocenters. The summed E-state index contributed by atoms with van der Waals surface area (Å²) in [5.74, 6) is -1.31. The second kappa shape index (κ2) is 8.47. The van der Waals surface area contributed by atoms with Crippen LogP contribution in [0.1, 0.15) is 39.0 Å². The van der Waals surface area contributed by atoms with Crippen LogP contribution >= 0.6 is 0 Å². The van der Waals surface area contributed by atoms with E-state index in [2.05, 4.69) is 11.4 Å². The van der Waals surface area contributed by atoms with Crippen LogP contribution in [0.4, 0.5) is 4.39 Å². The third-order valence-electron chi connectivity index (χ3n) is 4.10. The van der Waals surface area contributed by atoms with Gasteiger partial charge in [0.05, 0.1) is 6.07 Å². The van der Waals surface area contributed by atoms with Gasteiger partial charge >= 0.3 is 5.97 Å². The number of carbonyl (C=O) groups excluding carboxylic acids is 2. The summed E-state index contributed by atoms with van der Waals surface area (Å²) < 4.78 is 23.1. The lowest BCUT2D eigenvalue weighted by molar-refractivity contribution is -0.155. The van der Waals surface area contributed by atoms with Crippen LogP contribution in [-0.2, 0) is 14.3 Å². The molecule has 1 aromatic carbocycles. The lowest BCUT2D eigenvalue weighted by Gasteiger charge is -2.31. The zero-order valence-corrected chi connectivity index (χ0v) is 14.1. The van der Waals surface area contributed by atoms with Crippen LogP contribution in [0.25, 0.3) is 0 Å². The van der Waals surface area contributed by atoms with E-state index < -0.39 is 35.9 Å². The summed E-state index contributed by atoms with van der Waals surface area (Å²) in [7, 11) is 0. The van der Waals surface area contributed by atoms with E-state index in [1.807, 2.05) is 0 Å². The van der Waals surface area contributed by atoms with Crippen molar-refractivity contribution in [1.82, 2.24) is 5.32 Å². The van der Waals surface area contributed by atoms with Gasteiger partial charge in [0.15, 0.2) is 12.7 Å². The first kappa shape index (κ1) is 18.7. The third kappa shape index (κ3) is 5.45. The number of nitrogens with zero attached hydrogens (tertiary/aromatic N) is 1. The van der Waals surface area contributed by atoms with E-state index in [-0.39, 0.29) is 0 Å². The van der Waals surface area contributed by atoms with Crippen LogP contribution < -0.4 is 10.1 Å². The summed E-state index contributed by atoms with van der Waals surface area (Å²) in [4.78, 5) is 23.9. The van der Waals surface area contributed by atoms with Crippen molar-refractivity contribution in [3.63, 3.8) is 0 Å². The minimum absolute atomic E-state index is 0.320. The fourth-order valence-electron chi connectivity index (χ4n) is 2.74. The number of halogens is 1. The molecule has 0 heterocycles. The van der Waals surface area contributed by atoms with Gasteiger partial charge in [0.2, 0.25) is 0 Å². The van der Waals surface area contributed by atoms with Gasteiger partial charge < -0.3 is 14.8 Å². The molecule has 7 heteroatoms. The Balaban J connectivity index is 1.79. The molecule has 0 unspecified atom stereocenters. The molecule has 1 fully saturated rings. The lowest BCUT2D eigenvalue weighted by Crippen LogP contribution is -2.50. The van der Waals surface area contributed by atoms with E-state index in [1.165, 1.54) is 31.2 Å². The minimum Gasteiger partial charge on any atom is -0.479 e. The number of rotatable bonds is 6. The standard InChI is InChI=1S/C18H21FN2O4/c1-13(25-15-7-5-14(19)6-8-15)17(23)24-11-16(22)21-18(12-20)9-3-2-4-10-18/h5-8,13H,2-4,9-11H2,1H3,(H,21,22)/t13-/m1/s1. The Morgan fingerprint density at radius 3 is 2.52 bits per heavy atom. The molecule has 6 nitrogen and oxygen atoms in total. The molecule has 1 N–H and O–H groups in total. The predicted octanol–water partition coefficient (Wildman–Crippen LogP) is 2.48. The highest BCUT2D eigenvalue weighted by Gasteiger charge is 2.33. The molecule has 25 heavy (non-hydrogen) atoms. The van der Waals surface area contributed by atoms with E-state index in [0.29, 0.717) is 18.6 Å². The quantitative estimate of drug-likeness (QED) is 0.798. The Bertz CT molecular complexity index is 648. The first-order valence-electron chi connectivity index (χ1n) is 8.25. The highest BCUT2D eigenvalue weighted by Crippen LogP contribution is 2.27.